The van der Waals surface area contributed by atoms with Crippen molar-refractivity contribution in [3.63, 3.8) is 0 Å². The Morgan fingerprint density at radius 3 is 2.28 bits per heavy atom. The van der Waals surface area contributed by atoms with Gasteiger partial charge in [-0.2, -0.15) is 0 Å². The number of phenols is 2. The summed E-state index contributed by atoms with van der Waals surface area (Å²) in [6.45, 7) is 5.70. The van der Waals surface area contributed by atoms with Crippen LogP contribution in [0.25, 0.3) is 6.08 Å². The first-order valence-corrected chi connectivity index (χ1v) is 5.86. The molecule has 0 saturated heterocycles. The lowest BCUT2D eigenvalue weighted by Gasteiger charge is -2.14. The Morgan fingerprint density at radius 2 is 1.72 bits per heavy atom. The largest absolute Gasteiger partial charge is 0.508 e. The summed E-state index contributed by atoms with van der Waals surface area (Å²) < 4.78 is 0. The van der Waals surface area contributed by atoms with Crippen LogP contribution >= 0.6 is 0 Å². The smallest absolute Gasteiger partial charge is 0.119 e. The van der Waals surface area contributed by atoms with E-state index in [1.165, 1.54) is 0 Å². The highest BCUT2D eigenvalue weighted by Crippen LogP contribution is 2.32. The lowest BCUT2D eigenvalue weighted by molar-refractivity contribution is 0.466. The van der Waals surface area contributed by atoms with Crippen LogP contribution < -0.4 is 0 Å². The number of hydrogen-bond donors (Lipinski definition) is 2. The van der Waals surface area contributed by atoms with Crippen molar-refractivity contribution in [3.05, 3.63) is 65.7 Å². The minimum atomic E-state index is 0.0736. The Morgan fingerprint density at radius 1 is 1.06 bits per heavy atom. The normalized spacial score (nSPS) is 12.1. The first-order valence-electron chi connectivity index (χ1n) is 5.86. The predicted molar refractivity (Wildman–Crippen MR) is 73.8 cm³/mol. The molecule has 1 unspecified atom stereocenters. The van der Waals surface area contributed by atoms with Crippen LogP contribution in [0.4, 0.5) is 0 Å². The Kier molecular flexibility index (Phi) is 3.38. The molecule has 2 N–H and O–H groups in total. The van der Waals surface area contributed by atoms with Crippen LogP contribution in [-0.4, -0.2) is 10.2 Å². The van der Waals surface area contributed by atoms with Crippen LogP contribution in [0.15, 0.2) is 49.0 Å². The summed E-state index contributed by atoms with van der Waals surface area (Å²) in [7, 11) is 0. The fourth-order valence-electron chi connectivity index (χ4n) is 2.00. The maximum atomic E-state index is 10.0. The second-order valence-corrected chi connectivity index (χ2v) is 4.34. The number of phenolic OH excluding ortho intramolecular Hbond substituents is 2. The minimum absolute atomic E-state index is 0.0736. The summed E-state index contributed by atoms with van der Waals surface area (Å²) in [6, 6.07) is 12.6. The molecule has 0 aliphatic heterocycles. The van der Waals surface area contributed by atoms with Crippen LogP contribution in [-0.2, 0) is 0 Å². The van der Waals surface area contributed by atoms with Crippen LogP contribution in [0, 0.1) is 0 Å². The van der Waals surface area contributed by atoms with Gasteiger partial charge in [0.05, 0.1) is 0 Å². The average molecular weight is 240 g/mol. The summed E-state index contributed by atoms with van der Waals surface area (Å²) in [5.41, 5.74) is 2.81. The van der Waals surface area contributed by atoms with Crippen molar-refractivity contribution >= 4 is 6.08 Å². The van der Waals surface area contributed by atoms with Crippen molar-refractivity contribution in [2.75, 3.05) is 0 Å². The number of benzene rings is 2. The summed E-state index contributed by atoms with van der Waals surface area (Å²) in [5, 5.41) is 19.3. The maximum absolute atomic E-state index is 10.0. The maximum Gasteiger partial charge on any atom is 0.119 e. The van der Waals surface area contributed by atoms with Gasteiger partial charge in [0.25, 0.3) is 0 Å². The van der Waals surface area contributed by atoms with Gasteiger partial charge in [-0.3, -0.25) is 0 Å². The van der Waals surface area contributed by atoms with Crippen LogP contribution in [0.3, 0.4) is 0 Å². The van der Waals surface area contributed by atoms with E-state index in [2.05, 4.69) is 6.58 Å². The molecule has 0 aromatic heterocycles. The molecule has 2 aromatic carbocycles. The summed E-state index contributed by atoms with van der Waals surface area (Å²) in [6.07, 6.45) is 1.70. The zero-order chi connectivity index (χ0) is 13.1. The molecule has 1 atom stereocenters. The molecule has 0 spiro atoms. The van der Waals surface area contributed by atoms with E-state index < -0.39 is 0 Å². The van der Waals surface area contributed by atoms with Crippen molar-refractivity contribution in [1.29, 1.82) is 0 Å². The van der Waals surface area contributed by atoms with E-state index in [1.54, 1.807) is 24.3 Å². The second-order valence-electron chi connectivity index (χ2n) is 4.34. The lowest BCUT2D eigenvalue weighted by Crippen LogP contribution is -1.96. The third kappa shape index (κ3) is 2.38. The van der Waals surface area contributed by atoms with Crippen molar-refractivity contribution < 1.29 is 10.2 Å². The van der Waals surface area contributed by atoms with Gasteiger partial charge >= 0.3 is 0 Å². The molecule has 2 aromatic rings. The fourth-order valence-corrected chi connectivity index (χ4v) is 2.00. The van der Waals surface area contributed by atoms with Crippen LogP contribution in [0.1, 0.15) is 29.5 Å². The van der Waals surface area contributed by atoms with Gasteiger partial charge in [-0.05, 0) is 29.3 Å². The topological polar surface area (TPSA) is 40.5 Å². The molecule has 0 heterocycles. The van der Waals surface area contributed by atoms with Crippen molar-refractivity contribution in [2.24, 2.45) is 0 Å². The van der Waals surface area contributed by atoms with Gasteiger partial charge in [0.15, 0.2) is 0 Å². The van der Waals surface area contributed by atoms with Crippen molar-refractivity contribution in [1.82, 2.24) is 0 Å². The zero-order valence-electron chi connectivity index (χ0n) is 10.3. The highest BCUT2D eigenvalue weighted by Gasteiger charge is 2.12. The monoisotopic (exact) mass is 240 g/mol. The Labute approximate surface area is 107 Å². The molecule has 0 amide bonds. The van der Waals surface area contributed by atoms with E-state index in [0.717, 1.165) is 16.7 Å². The third-order valence-electron chi connectivity index (χ3n) is 3.15. The van der Waals surface area contributed by atoms with Crippen molar-refractivity contribution in [2.45, 2.75) is 12.8 Å². The van der Waals surface area contributed by atoms with Crippen molar-refractivity contribution in [3.8, 4) is 11.5 Å². The van der Waals surface area contributed by atoms with Gasteiger partial charge in [0, 0.05) is 11.5 Å². The molecule has 18 heavy (non-hydrogen) atoms. The predicted octanol–water partition coefficient (Wildman–Crippen LogP) is 3.89. The highest BCUT2D eigenvalue weighted by atomic mass is 16.3. The van der Waals surface area contributed by atoms with Crippen LogP contribution in [0.2, 0.25) is 0 Å². The molecule has 2 nitrogen and oxygen atoms in total. The molecular weight excluding hydrogens is 224 g/mol. The molecule has 0 radical (unpaired) electrons. The molecule has 0 bridgehead atoms. The van der Waals surface area contributed by atoms with E-state index in [1.807, 2.05) is 31.2 Å². The quantitative estimate of drug-likeness (QED) is 0.854. The third-order valence-corrected chi connectivity index (χ3v) is 3.15. The number of aromatic hydroxyl groups is 2. The van der Waals surface area contributed by atoms with E-state index >= 15 is 0 Å². The van der Waals surface area contributed by atoms with Gasteiger partial charge in [-0.1, -0.05) is 43.8 Å². The number of rotatable bonds is 3. The highest BCUT2D eigenvalue weighted by molar-refractivity contribution is 5.53. The Balaban J connectivity index is 2.36. The standard InChI is InChI=1S/C16H16O2/c1-3-12-4-9-15(16(18)10-12)11(2)13-5-7-14(17)8-6-13/h3-11,17-18H,1H2,2H3. The van der Waals surface area contributed by atoms with E-state index in [9.17, 15) is 10.2 Å². The Hall–Kier alpha value is -2.22. The average Bonchev–Trinajstić information content (AvgIpc) is 2.38. The van der Waals surface area contributed by atoms with Gasteiger partial charge < -0.3 is 10.2 Å². The summed E-state index contributed by atoms with van der Waals surface area (Å²) in [5.74, 6) is 0.592. The van der Waals surface area contributed by atoms with Gasteiger partial charge in [-0.15, -0.1) is 0 Å². The lowest BCUT2D eigenvalue weighted by atomic mass is 9.91. The minimum Gasteiger partial charge on any atom is -0.508 e. The van der Waals surface area contributed by atoms with E-state index in [4.69, 9.17) is 0 Å². The fraction of sp³-hybridized carbons (Fsp3) is 0.125. The molecular formula is C16H16O2. The Bertz CT molecular complexity index is 556. The first-order chi connectivity index (χ1) is 8.61. The summed E-state index contributed by atoms with van der Waals surface area (Å²) >= 11 is 0. The van der Waals surface area contributed by atoms with E-state index in [0.29, 0.717) is 0 Å². The van der Waals surface area contributed by atoms with E-state index in [-0.39, 0.29) is 17.4 Å². The first kappa shape index (κ1) is 12.2. The zero-order valence-corrected chi connectivity index (χ0v) is 10.3. The van der Waals surface area contributed by atoms with Crippen LogP contribution in [0.5, 0.6) is 11.5 Å². The molecule has 0 aliphatic rings. The molecule has 0 saturated carbocycles. The second kappa shape index (κ2) is 4.96. The SMILES string of the molecule is C=Cc1ccc(C(C)c2ccc(O)cc2)c(O)c1. The molecule has 2 heteroatoms. The summed E-state index contributed by atoms with van der Waals surface area (Å²) in [4.78, 5) is 0. The van der Waals surface area contributed by atoms with Gasteiger partial charge in [0.2, 0.25) is 0 Å². The molecule has 2 rings (SSSR count). The number of hydrogen-bond acceptors (Lipinski definition) is 2. The molecule has 0 fully saturated rings. The van der Waals surface area contributed by atoms with Gasteiger partial charge in [0.1, 0.15) is 11.5 Å². The molecule has 92 valence electrons. The van der Waals surface area contributed by atoms with Gasteiger partial charge in [-0.25, -0.2) is 0 Å². The molecule has 0 aliphatic carbocycles.